The summed E-state index contributed by atoms with van der Waals surface area (Å²) in [5, 5.41) is 3.26. The molecule has 1 atom stereocenters. The van der Waals surface area contributed by atoms with E-state index in [9.17, 15) is 13.2 Å². The summed E-state index contributed by atoms with van der Waals surface area (Å²) in [7, 11) is -3.56. The molecule has 4 N–H and O–H groups in total. The van der Waals surface area contributed by atoms with E-state index >= 15 is 0 Å². The van der Waals surface area contributed by atoms with Crippen LogP contribution in [0.25, 0.3) is 11.0 Å². The molecule has 0 radical (unpaired) electrons. The lowest BCUT2D eigenvalue weighted by atomic mass is 10.0. The number of benzene rings is 1. The van der Waals surface area contributed by atoms with E-state index in [4.69, 9.17) is 0 Å². The summed E-state index contributed by atoms with van der Waals surface area (Å²) in [5.74, 6) is 0.323. The first-order valence-electron chi connectivity index (χ1n) is 6.97. The van der Waals surface area contributed by atoms with Gasteiger partial charge in [-0.3, -0.25) is 0 Å². The van der Waals surface area contributed by atoms with Crippen molar-refractivity contribution in [2.24, 2.45) is 5.92 Å². The first kappa shape index (κ1) is 14.3. The Morgan fingerprint density at radius 2 is 2.05 bits per heavy atom. The van der Waals surface area contributed by atoms with E-state index in [2.05, 4.69) is 20.0 Å². The van der Waals surface area contributed by atoms with Crippen LogP contribution in [0, 0.1) is 5.92 Å². The van der Waals surface area contributed by atoms with Crippen LogP contribution in [-0.4, -0.2) is 38.0 Å². The Balaban J connectivity index is 1.77. The standard InChI is InChI=1S/C13H18N4O3S/c18-13-16-11-4-3-10(6-12(11)17-13)21(19,20)15-8-9-2-1-5-14-7-9/h3-4,6,9,14-15H,1-2,5,7-8H2,(H2,16,17,18). The van der Waals surface area contributed by atoms with Crippen LogP contribution >= 0.6 is 0 Å². The van der Waals surface area contributed by atoms with E-state index in [0.717, 1.165) is 25.9 Å². The minimum absolute atomic E-state index is 0.161. The van der Waals surface area contributed by atoms with Crippen molar-refractivity contribution in [1.29, 1.82) is 0 Å². The molecule has 2 heterocycles. The van der Waals surface area contributed by atoms with Gasteiger partial charge in [0.1, 0.15) is 0 Å². The smallest absolute Gasteiger partial charge is 0.316 e. The highest BCUT2D eigenvalue weighted by atomic mass is 32.2. The van der Waals surface area contributed by atoms with E-state index in [1.165, 1.54) is 12.1 Å². The second kappa shape index (κ2) is 5.63. The molecule has 1 aromatic heterocycles. The van der Waals surface area contributed by atoms with Crippen LogP contribution in [0.5, 0.6) is 0 Å². The highest BCUT2D eigenvalue weighted by Crippen LogP contribution is 2.16. The minimum atomic E-state index is -3.56. The number of sulfonamides is 1. The molecule has 1 unspecified atom stereocenters. The molecule has 114 valence electrons. The normalized spacial score (nSPS) is 19.9. The largest absolute Gasteiger partial charge is 0.323 e. The zero-order valence-electron chi connectivity index (χ0n) is 11.5. The van der Waals surface area contributed by atoms with Gasteiger partial charge in [-0.1, -0.05) is 0 Å². The molecule has 0 saturated carbocycles. The van der Waals surface area contributed by atoms with Crippen molar-refractivity contribution in [3.05, 3.63) is 28.7 Å². The first-order valence-corrected chi connectivity index (χ1v) is 8.45. The second-order valence-corrected chi connectivity index (χ2v) is 7.12. The molecule has 1 aliphatic rings. The van der Waals surface area contributed by atoms with Crippen LogP contribution in [0.1, 0.15) is 12.8 Å². The fraction of sp³-hybridized carbons (Fsp3) is 0.462. The molecule has 2 aromatic rings. The van der Waals surface area contributed by atoms with Crippen molar-refractivity contribution < 1.29 is 8.42 Å². The zero-order chi connectivity index (χ0) is 14.9. The number of rotatable bonds is 4. The Kier molecular flexibility index (Phi) is 3.83. The summed E-state index contributed by atoms with van der Waals surface area (Å²) in [6, 6.07) is 4.55. The fourth-order valence-corrected chi connectivity index (χ4v) is 3.73. The maximum Gasteiger partial charge on any atom is 0.323 e. The molecule has 1 fully saturated rings. The van der Waals surface area contributed by atoms with Gasteiger partial charge in [-0.2, -0.15) is 0 Å². The Bertz CT molecular complexity index is 787. The van der Waals surface area contributed by atoms with Gasteiger partial charge in [0.05, 0.1) is 15.9 Å². The fourth-order valence-electron chi connectivity index (χ4n) is 2.59. The van der Waals surface area contributed by atoms with Gasteiger partial charge in [0, 0.05) is 6.54 Å². The average molecular weight is 310 g/mol. The number of nitrogens with one attached hydrogen (secondary N) is 4. The maximum atomic E-state index is 12.3. The molecular weight excluding hydrogens is 292 g/mol. The summed E-state index contributed by atoms with van der Waals surface area (Å²) in [4.78, 5) is 16.5. The molecule has 1 saturated heterocycles. The monoisotopic (exact) mass is 310 g/mol. The Labute approximate surface area is 122 Å². The van der Waals surface area contributed by atoms with Gasteiger partial charge < -0.3 is 15.3 Å². The molecule has 21 heavy (non-hydrogen) atoms. The molecule has 0 aliphatic carbocycles. The van der Waals surface area contributed by atoms with Crippen LogP contribution in [-0.2, 0) is 10.0 Å². The summed E-state index contributed by atoms with van der Waals surface area (Å²) < 4.78 is 27.2. The number of aromatic amines is 2. The van der Waals surface area contributed by atoms with E-state index in [0.29, 0.717) is 23.5 Å². The topological polar surface area (TPSA) is 107 Å². The van der Waals surface area contributed by atoms with Crippen molar-refractivity contribution >= 4 is 21.1 Å². The highest BCUT2D eigenvalue weighted by Gasteiger charge is 2.19. The maximum absolute atomic E-state index is 12.3. The molecule has 1 aromatic carbocycles. The van der Waals surface area contributed by atoms with Crippen LogP contribution in [0.4, 0.5) is 0 Å². The molecular formula is C13H18N4O3S. The molecule has 0 spiro atoms. The Hall–Kier alpha value is -1.64. The number of hydrogen-bond donors (Lipinski definition) is 4. The predicted molar refractivity (Wildman–Crippen MR) is 79.7 cm³/mol. The van der Waals surface area contributed by atoms with Crippen LogP contribution in [0.3, 0.4) is 0 Å². The van der Waals surface area contributed by atoms with Gasteiger partial charge in [-0.05, 0) is 50.0 Å². The number of fused-ring (bicyclic) bond motifs is 1. The molecule has 1 aliphatic heterocycles. The summed E-state index contributed by atoms with van der Waals surface area (Å²) >= 11 is 0. The minimum Gasteiger partial charge on any atom is -0.316 e. The van der Waals surface area contributed by atoms with Crippen LogP contribution in [0.2, 0.25) is 0 Å². The van der Waals surface area contributed by atoms with Crippen molar-refractivity contribution in [1.82, 2.24) is 20.0 Å². The molecule has 7 nitrogen and oxygen atoms in total. The lowest BCUT2D eigenvalue weighted by Gasteiger charge is -2.22. The summed E-state index contributed by atoms with van der Waals surface area (Å²) in [6.45, 7) is 2.27. The third kappa shape index (κ3) is 3.17. The SMILES string of the molecule is O=c1[nH]c2ccc(S(=O)(=O)NCC3CCCNC3)cc2[nH]1. The van der Waals surface area contributed by atoms with Gasteiger partial charge in [-0.25, -0.2) is 17.9 Å². The van der Waals surface area contributed by atoms with Crippen molar-refractivity contribution in [3.63, 3.8) is 0 Å². The van der Waals surface area contributed by atoms with Gasteiger partial charge >= 0.3 is 5.69 Å². The van der Waals surface area contributed by atoms with E-state index in [1.54, 1.807) is 6.07 Å². The predicted octanol–water partition coefficient (Wildman–Crippen LogP) is 0.134. The lowest BCUT2D eigenvalue weighted by molar-refractivity contribution is 0.376. The van der Waals surface area contributed by atoms with Crippen molar-refractivity contribution in [2.45, 2.75) is 17.7 Å². The average Bonchev–Trinajstić information content (AvgIpc) is 2.85. The summed E-state index contributed by atoms with van der Waals surface area (Å²) in [5.41, 5.74) is 0.735. The number of piperidine rings is 1. The van der Waals surface area contributed by atoms with Crippen molar-refractivity contribution in [2.75, 3.05) is 19.6 Å². The number of hydrogen-bond acceptors (Lipinski definition) is 4. The van der Waals surface area contributed by atoms with E-state index in [1.807, 2.05) is 0 Å². The molecule has 0 amide bonds. The Morgan fingerprint density at radius 3 is 2.81 bits per heavy atom. The number of aromatic nitrogens is 2. The van der Waals surface area contributed by atoms with E-state index in [-0.39, 0.29) is 10.6 Å². The van der Waals surface area contributed by atoms with Gasteiger partial charge in [0.25, 0.3) is 0 Å². The van der Waals surface area contributed by atoms with Crippen molar-refractivity contribution in [3.8, 4) is 0 Å². The first-order chi connectivity index (χ1) is 10.0. The zero-order valence-corrected chi connectivity index (χ0v) is 12.3. The quantitative estimate of drug-likeness (QED) is 0.644. The highest BCUT2D eigenvalue weighted by molar-refractivity contribution is 7.89. The van der Waals surface area contributed by atoms with Gasteiger partial charge in [-0.15, -0.1) is 0 Å². The number of H-pyrrole nitrogens is 2. The third-order valence-electron chi connectivity index (χ3n) is 3.76. The van der Waals surface area contributed by atoms with Crippen LogP contribution < -0.4 is 15.7 Å². The Morgan fingerprint density at radius 1 is 1.24 bits per heavy atom. The lowest BCUT2D eigenvalue weighted by Crippen LogP contribution is -2.38. The van der Waals surface area contributed by atoms with Gasteiger partial charge in [0.15, 0.2) is 0 Å². The molecule has 0 bridgehead atoms. The second-order valence-electron chi connectivity index (χ2n) is 5.35. The van der Waals surface area contributed by atoms with E-state index < -0.39 is 10.0 Å². The van der Waals surface area contributed by atoms with Gasteiger partial charge in [0.2, 0.25) is 10.0 Å². The molecule has 3 rings (SSSR count). The third-order valence-corrected chi connectivity index (χ3v) is 5.18. The molecule has 8 heteroatoms. The number of imidazole rings is 1. The summed E-state index contributed by atoms with van der Waals surface area (Å²) in [6.07, 6.45) is 2.10. The van der Waals surface area contributed by atoms with Crippen LogP contribution in [0.15, 0.2) is 27.9 Å².